The zero-order valence-electron chi connectivity index (χ0n) is 11.8. The van der Waals surface area contributed by atoms with E-state index in [1.807, 2.05) is 48.5 Å². The zero-order chi connectivity index (χ0) is 15.1. The highest BCUT2D eigenvalue weighted by atomic mass is 16.5. The van der Waals surface area contributed by atoms with E-state index in [2.05, 4.69) is 0 Å². The SMILES string of the molecule is OCc1ccc(Cc2ccc(OCC(O)CO)cc2)cc1. The van der Waals surface area contributed by atoms with Crippen molar-refractivity contribution in [2.75, 3.05) is 13.2 Å². The Morgan fingerprint density at radius 1 is 0.810 bits per heavy atom. The van der Waals surface area contributed by atoms with Gasteiger partial charge in [0.2, 0.25) is 0 Å². The first-order valence-electron chi connectivity index (χ1n) is 6.90. The molecule has 0 bridgehead atoms. The van der Waals surface area contributed by atoms with Crippen LogP contribution in [-0.2, 0) is 13.0 Å². The lowest BCUT2D eigenvalue weighted by Gasteiger charge is -2.10. The predicted octanol–water partition coefficient (Wildman–Crippen LogP) is 1.50. The highest BCUT2D eigenvalue weighted by Crippen LogP contribution is 2.16. The molecule has 21 heavy (non-hydrogen) atoms. The summed E-state index contributed by atoms with van der Waals surface area (Å²) in [5.41, 5.74) is 3.24. The van der Waals surface area contributed by atoms with Crippen LogP contribution in [0, 0.1) is 0 Å². The van der Waals surface area contributed by atoms with Gasteiger partial charge in [-0.2, -0.15) is 0 Å². The fourth-order valence-electron chi connectivity index (χ4n) is 1.95. The monoisotopic (exact) mass is 288 g/mol. The van der Waals surface area contributed by atoms with Crippen molar-refractivity contribution in [1.82, 2.24) is 0 Å². The molecular weight excluding hydrogens is 268 g/mol. The molecule has 0 fully saturated rings. The largest absolute Gasteiger partial charge is 0.491 e. The summed E-state index contributed by atoms with van der Waals surface area (Å²) in [7, 11) is 0. The summed E-state index contributed by atoms with van der Waals surface area (Å²) in [4.78, 5) is 0. The predicted molar refractivity (Wildman–Crippen MR) is 80.2 cm³/mol. The Kier molecular flexibility index (Phi) is 5.75. The molecule has 0 radical (unpaired) electrons. The van der Waals surface area contributed by atoms with E-state index in [0.717, 1.165) is 17.5 Å². The van der Waals surface area contributed by atoms with Crippen molar-refractivity contribution in [2.24, 2.45) is 0 Å². The molecule has 0 spiro atoms. The lowest BCUT2D eigenvalue weighted by atomic mass is 10.0. The quantitative estimate of drug-likeness (QED) is 0.722. The molecule has 1 atom stereocenters. The summed E-state index contributed by atoms with van der Waals surface area (Å²) in [6, 6.07) is 15.5. The van der Waals surface area contributed by atoms with Gasteiger partial charge in [0, 0.05) is 0 Å². The van der Waals surface area contributed by atoms with Crippen LogP contribution in [0.2, 0.25) is 0 Å². The number of aliphatic hydroxyl groups excluding tert-OH is 3. The Labute approximate surface area is 124 Å². The van der Waals surface area contributed by atoms with Crippen LogP contribution in [0.15, 0.2) is 48.5 Å². The van der Waals surface area contributed by atoms with Crippen LogP contribution in [-0.4, -0.2) is 34.6 Å². The highest BCUT2D eigenvalue weighted by Gasteiger charge is 2.03. The minimum atomic E-state index is -0.852. The summed E-state index contributed by atoms with van der Waals surface area (Å²) in [6.45, 7) is -0.160. The lowest BCUT2D eigenvalue weighted by molar-refractivity contribution is 0.0536. The van der Waals surface area contributed by atoms with Gasteiger partial charge in [0.1, 0.15) is 18.5 Å². The van der Waals surface area contributed by atoms with E-state index >= 15 is 0 Å². The first kappa shape index (κ1) is 15.5. The van der Waals surface area contributed by atoms with Crippen molar-refractivity contribution in [3.63, 3.8) is 0 Å². The molecule has 2 rings (SSSR count). The van der Waals surface area contributed by atoms with Crippen LogP contribution < -0.4 is 4.74 Å². The lowest BCUT2D eigenvalue weighted by Crippen LogP contribution is -2.21. The van der Waals surface area contributed by atoms with E-state index in [-0.39, 0.29) is 19.8 Å². The van der Waals surface area contributed by atoms with Crippen LogP contribution in [0.1, 0.15) is 16.7 Å². The molecule has 2 aromatic rings. The van der Waals surface area contributed by atoms with Crippen LogP contribution in [0.3, 0.4) is 0 Å². The smallest absolute Gasteiger partial charge is 0.119 e. The maximum Gasteiger partial charge on any atom is 0.119 e. The second-order valence-corrected chi connectivity index (χ2v) is 4.94. The number of aliphatic hydroxyl groups is 3. The molecule has 0 amide bonds. The third-order valence-electron chi connectivity index (χ3n) is 3.19. The summed E-state index contributed by atoms with van der Waals surface area (Å²) < 4.78 is 5.36. The first-order valence-corrected chi connectivity index (χ1v) is 6.90. The molecular formula is C17H20O4. The van der Waals surface area contributed by atoms with E-state index in [4.69, 9.17) is 14.9 Å². The van der Waals surface area contributed by atoms with Gasteiger partial charge in [-0.05, 0) is 35.2 Å². The molecule has 4 nitrogen and oxygen atoms in total. The summed E-state index contributed by atoms with van der Waals surface area (Å²) in [5, 5.41) is 26.9. The normalized spacial score (nSPS) is 12.1. The molecule has 4 heteroatoms. The molecule has 1 unspecified atom stereocenters. The number of ether oxygens (including phenoxy) is 1. The van der Waals surface area contributed by atoms with Gasteiger partial charge in [-0.3, -0.25) is 0 Å². The van der Waals surface area contributed by atoms with Gasteiger partial charge in [-0.15, -0.1) is 0 Å². The number of hydrogen-bond acceptors (Lipinski definition) is 4. The van der Waals surface area contributed by atoms with Crippen molar-refractivity contribution in [3.8, 4) is 5.75 Å². The summed E-state index contributed by atoms with van der Waals surface area (Å²) in [6.07, 6.45) is -0.0413. The maximum atomic E-state index is 9.22. The van der Waals surface area contributed by atoms with Gasteiger partial charge < -0.3 is 20.1 Å². The Bertz CT molecular complexity index is 534. The van der Waals surface area contributed by atoms with Gasteiger partial charge >= 0.3 is 0 Å². The van der Waals surface area contributed by atoms with Crippen LogP contribution in [0.5, 0.6) is 5.75 Å². The van der Waals surface area contributed by atoms with Crippen molar-refractivity contribution in [3.05, 3.63) is 65.2 Å². The molecule has 2 aromatic carbocycles. The molecule has 0 aliphatic heterocycles. The third kappa shape index (κ3) is 4.86. The first-order chi connectivity index (χ1) is 10.2. The number of rotatable bonds is 7. The van der Waals surface area contributed by atoms with Gasteiger partial charge in [0.05, 0.1) is 13.2 Å². The summed E-state index contributed by atoms with van der Waals surface area (Å²) >= 11 is 0. The second kappa shape index (κ2) is 7.78. The standard InChI is InChI=1S/C17H20O4/c18-10-15-3-1-13(2-4-15)9-14-5-7-17(8-6-14)21-12-16(20)11-19/h1-8,16,18-20H,9-12H2. The third-order valence-corrected chi connectivity index (χ3v) is 3.19. The van der Waals surface area contributed by atoms with Crippen molar-refractivity contribution < 1.29 is 20.1 Å². The zero-order valence-corrected chi connectivity index (χ0v) is 11.8. The Hall–Kier alpha value is -1.88. The minimum Gasteiger partial charge on any atom is -0.491 e. The summed E-state index contributed by atoms with van der Waals surface area (Å²) in [5.74, 6) is 0.668. The average Bonchev–Trinajstić information content (AvgIpc) is 2.54. The average molecular weight is 288 g/mol. The van der Waals surface area contributed by atoms with Gasteiger partial charge in [0.25, 0.3) is 0 Å². The van der Waals surface area contributed by atoms with Gasteiger partial charge in [-0.25, -0.2) is 0 Å². The van der Waals surface area contributed by atoms with E-state index in [0.29, 0.717) is 5.75 Å². The molecule has 0 aliphatic carbocycles. The molecule has 0 saturated carbocycles. The van der Waals surface area contributed by atoms with Crippen molar-refractivity contribution >= 4 is 0 Å². The van der Waals surface area contributed by atoms with Crippen LogP contribution in [0.25, 0.3) is 0 Å². The van der Waals surface area contributed by atoms with E-state index < -0.39 is 6.10 Å². The minimum absolute atomic E-state index is 0.0615. The van der Waals surface area contributed by atoms with E-state index in [1.165, 1.54) is 5.56 Å². The van der Waals surface area contributed by atoms with Crippen LogP contribution >= 0.6 is 0 Å². The Balaban J connectivity index is 1.92. The fourth-order valence-corrected chi connectivity index (χ4v) is 1.95. The molecule has 112 valence electrons. The fraction of sp³-hybridized carbons (Fsp3) is 0.294. The van der Waals surface area contributed by atoms with E-state index in [9.17, 15) is 5.11 Å². The molecule has 0 saturated heterocycles. The maximum absolute atomic E-state index is 9.22. The molecule has 3 N–H and O–H groups in total. The van der Waals surface area contributed by atoms with Gasteiger partial charge in [-0.1, -0.05) is 36.4 Å². The Morgan fingerprint density at radius 2 is 1.33 bits per heavy atom. The topological polar surface area (TPSA) is 69.9 Å². The second-order valence-electron chi connectivity index (χ2n) is 4.94. The van der Waals surface area contributed by atoms with Gasteiger partial charge in [0.15, 0.2) is 0 Å². The van der Waals surface area contributed by atoms with E-state index in [1.54, 1.807) is 0 Å². The molecule has 0 aromatic heterocycles. The van der Waals surface area contributed by atoms with Crippen LogP contribution in [0.4, 0.5) is 0 Å². The molecule has 0 aliphatic rings. The Morgan fingerprint density at radius 3 is 1.86 bits per heavy atom. The molecule has 0 heterocycles. The van der Waals surface area contributed by atoms with Crippen molar-refractivity contribution in [2.45, 2.75) is 19.1 Å². The highest BCUT2D eigenvalue weighted by molar-refractivity contribution is 5.32. The van der Waals surface area contributed by atoms with Crippen molar-refractivity contribution in [1.29, 1.82) is 0 Å². The number of benzene rings is 2. The number of hydrogen-bond donors (Lipinski definition) is 3.